The number of fused-ring (bicyclic) bond motifs is 4. The second-order valence-electron chi connectivity index (χ2n) is 25.0. The minimum Gasteiger partial charge on any atom is -0.455 e. The van der Waals surface area contributed by atoms with Gasteiger partial charge >= 0.3 is 0 Å². The number of anilines is 5. The van der Waals surface area contributed by atoms with E-state index >= 15 is 0 Å². The second kappa shape index (κ2) is 21.5. The average molecular weight is 1090 g/mol. The molecule has 0 amide bonds. The first kappa shape index (κ1) is 55.8. The number of hydrogen-bond acceptors (Lipinski definition) is 9. The topological polar surface area (TPSA) is 157 Å². The molecule has 11 nitrogen and oxygen atoms in total. The van der Waals surface area contributed by atoms with E-state index in [1.807, 2.05) is 91.0 Å². The molecule has 0 radical (unpaired) electrons. The van der Waals surface area contributed by atoms with Gasteiger partial charge in [0.05, 0.1) is 45.8 Å². The second-order valence-corrected chi connectivity index (χ2v) is 25.0. The number of rotatable bonds is 12. The summed E-state index contributed by atoms with van der Waals surface area (Å²) in [5.74, 6) is 1.15. The number of ketones is 3. The Morgan fingerprint density at radius 2 is 0.866 bits per heavy atom. The molecule has 0 saturated carbocycles. The first-order valence-electron chi connectivity index (χ1n) is 27.6. The van der Waals surface area contributed by atoms with E-state index in [9.17, 15) is 19.2 Å². The molecule has 0 unspecified atom stereocenters. The Balaban J connectivity index is 0.000000185. The van der Waals surface area contributed by atoms with Crippen molar-refractivity contribution in [2.75, 3.05) is 16.4 Å². The van der Waals surface area contributed by atoms with Gasteiger partial charge in [0.1, 0.15) is 11.5 Å². The van der Waals surface area contributed by atoms with E-state index in [1.165, 1.54) is 11.1 Å². The normalized spacial score (nSPS) is 12.8. The van der Waals surface area contributed by atoms with Crippen molar-refractivity contribution in [2.45, 2.75) is 92.9 Å². The third kappa shape index (κ3) is 11.2. The maximum absolute atomic E-state index is 14.0. The lowest BCUT2D eigenvalue weighted by atomic mass is 9.72. The molecule has 0 atom stereocenters. The molecule has 1 heterocycles. The summed E-state index contributed by atoms with van der Waals surface area (Å²) in [6.45, 7) is 30.3. The van der Waals surface area contributed by atoms with Gasteiger partial charge in [-0.05, 0) is 99.7 Å². The fraction of sp³-hybridized carbons (Fsp3) is 0.225. The van der Waals surface area contributed by atoms with Gasteiger partial charge in [-0.1, -0.05) is 178 Å². The number of benzene rings is 8. The van der Waals surface area contributed by atoms with Crippen LogP contribution in [-0.2, 0) is 10.8 Å². The molecule has 5 N–H and O–H groups in total. The molecule has 0 aliphatic heterocycles. The van der Waals surface area contributed by atoms with Crippen LogP contribution in [0.4, 0.5) is 34.1 Å². The summed E-state index contributed by atoms with van der Waals surface area (Å²) >= 11 is 0. The number of carbonyl (C=O) groups is 3. The van der Waals surface area contributed by atoms with Gasteiger partial charge in [0.2, 0.25) is 0 Å². The lowest BCUT2D eigenvalue weighted by Gasteiger charge is -2.33. The fourth-order valence-electron chi connectivity index (χ4n) is 12.1. The van der Waals surface area contributed by atoms with Crippen LogP contribution in [0.2, 0.25) is 0 Å². The number of aromatic amines is 1. The Morgan fingerprint density at radius 1 is 0.476 bits per heavy atom. The van der Waals surface area contributed by atoms with Crippen molar-refractivity contribution < 1.29 is 23.9 Å². The lowest BCUT2D eigenvalue weighted by molar-refractivity contribution is 0.0980. The molecule has 0 spiro atoms. The Morgan fingerprint density at radius 3 is 1.33 bits per heavy atom. The molecule has 8 aromatic carbocycles. The highest BCUT2D eigenvalue weighted by Crippen LogP contribution is 2.50. The van der Waals surface area contributed by atoms with Crippen LogP contribution in [0.3, 0.4) is 0 Å². The van der Waals surface area contributed by atoms with Gasteiger partial charge in [-0.3, -0.25) is 19.2 Å². The first-order valence-corrected chi connectivity index (χ1v) is 27.6. The summed E-state index contributed by atoms with van der Waals surface area (Å²) in [6.07, 6.45) is 2.05. The number of carbonyl (C=O) groups excluding carboxylic acids is 3. The first-order chi connectivity index (χ1) is 38.9. The van der Waals surface area contributed by atoms with Crippen LogP contribution in [0, 0.1) is 17.4 Å². The zero-order chi connectivity index (χ0) is 58.5. The van der Waals surface area contributed by atoms with E-state index in [0.717, 1.165) is 24.2 Å². The Labute approximate surface area is 479 Å². The van der Waals surface area contributed by atoms with Gasteiger partial charge in [-0.2, -0.15) is 0 Å². The van der Waals surface area contributed by atoms with Gasteiger partial charge in [0.25, 0.3) is 11.2 Å². The predicted molar refractivity (Wildman–Crippen MR) is 331 cm³/mol. The van der Waals surface area contributed by atoms with E-state index < -0.39 is 5.56 Å². The minimum absolute atomic E-state index is 0.00538. The predicted octanol–water partition coefficient (Wildman–Crippen LogP) is 17.8. The summed E-state index contributed by atoms with van der Waals surface area (Å²) in [6, 6.07) is 52.5. The van der Waals surface area contributed by atoms with Gasteiger partial charge < -0.3 is 30.8 Å². The number of aromatic nitrogens is 1. The zero-order valence-electron chi connectivity index (χ0n) is 48.1. The number of nitrogens with one attached hydrogen (secondary N) is 3. The molecule has 11 rings (SSSR count). The summed E-state index contributed by atoms with van der Waals surface area (Å²) in [5, 5.41) is 7.20. The molecule has 412 valence electrons. The Hall–Kier alpha value is -9.53. The largest absolute Gasteiger partial charge is 0.455 e. The maximum atomic E-state index is 14.0. The van der Waals surface area contributed by atoms with Crippen molar-refractivity contribution in [1.29, 1.82) is 0 Å². The van der Waals surface area contributed by atoms with Gasteiger partial charge in [0, 0.05) is 51.1 Å². The number of nitrogen functional groups attached to an aromatic ring is 1. The molecule has 11 heteroatoms. The molecular formula is C71H67N5O6. The highest BCUT2D eigenvalue weighted by molar-refractivity contribution is 6.33. The molecule has 9 aromatic rings. The number of para-hydroxylation sites is 2. The number of ether oxygens (including phenoxy) is 2. The zero-order valence-corrected chi connectivity index (χ0v) is 48.1. The molecule has 1 aromatic heterocycles. The quantitative estimate of drug-likeness (QED) is 0.0691. The summed E-state index contributed by atoms with van der Waals surface area (Å²) in [5.41, 5.74) is 14.8. The summed E-state index contributed by atoms with van der Waals surface area (Å²) in [7, 11) is 0. The van der Waals surface area contributed by atoms with Gasteiger partial charge in [0.15, 0.2) is 28.8 Å². The van der Waals surface area contributed by atoms with Crippen LogP contribution in [0.1, 0.15) is 141 Å². The Bertz CT molecular complexity index is 4080. The summed E-state index contributed by atoms with van der Waals surface area (Å²) < 4.78 is 12.7. The number of H-pyrrole nitrogens is 1. The van der Waals surface area contributed by atoms with Crippen molar-refractivity contribution in [3.63, 3.8) is 0 Å². The smallest absolute Gasteiger partial charge is 0.258 e. The highest BCUT2D eigenvalue weighted by Gasteiger charge is 2.37. The number of hydrogen-bond donors (Lipinski definition) is 4. The van der Waals surface area contributed by atoms with Crippen molar-refractivity contribution >= 4 is 62.4 Å². The molecule has 2 aliphatic carbocycles. The standard InChI is InChI=1S/C37H33N3O3.C34H34N2O3/c1-36(2,3)21-37(4,5)22-16-18-24(19-17-22)43-28-20-27(39-23-12-8-7-9-13-23)30-31-29(33(38-6)35(42)40-32(28)31)25-14-10-11-15-26(25)34(30)41;1-33(2,3)20-34(4,5)21-15-17-23(18-16-21)39-27-19-26(36-22-11-7-6-8-12-22)28-29(30(27)35)32(38)25-14-10-9-13-24(25)31(28)37/h7-20,39H,21H2,1-5H3,(H,40,42);6-19,36H,20,35H2,1-5H3. The lowest BCUT2D eigenvalue weighted by Crippen LogP contribution is -2.24. The monoisotopic (exact) mass is 1090 g/mol. The average Bonchev–Trinajstić information content (AvgIpc) is 1.20. The third-order valence-electron chi connectivity index (χ3n) is 15.0. The molecule has 0 bridgehead atoms. The molecule has 2 aliphatic rings. The fourth-order valence-corrected chi connectivity index (χ4v) is 12.1. The van der Waals surface area contributed by atoms with Crippen molar-refractivity contribution in [2.24, 2.45) is 10.8 Å². The molecular weight excluding hydrogens is 1020 g/mol. The number of pyridine rings is 1. The molecule has 82 heavy (non-hydrogen) atoms. The van der Waals surface area contributed by atoms with Crippen LogP contribution in [0.15, 0.2) is 175 Å². The van der Waals surface area contributed by atoms with E-state index in [2.05, 4.69) is 114 Å². The molecule has 0 fully saturated rings. The SMILES string of the molecule is CC(C)(C)CC(C)(C)c1ccc(Oc2cc(Nc3ccccc3)c3c(c2N)C(=O)c2ccccc2C3=O)cc1.[C-]#[N+]c1c2c3c(c(Nc4ccccc4)cc(Oc4ccc(C(C)(C)CC(C)(C)C)cc4)c3[nH]c1=O)C(=O)c1ccccc1-2. The third-order valence-corrected chi connectivity index (χ3v) is 15.0. The van der Waals surface area contributed by atoms with Gasteiger partial charge in [-0.15, -0.1) is 0 Å². The van der Waals surface area contributed by atoms with Crippen LogP contribution in [0.25, 0.3) is 26.9 Å². The van der Waals surface area contributed by atoms with Crippen molar-refractivity contribution in [3.05, 3.63) is 236 Å². The van der Waals surface area contributed by atoms with Gasteiger partial charge in [-0.25, -0.2) is 4.85 Å². The van der Waals surface area contributed by atoms with Crippen molar-refractivity contribution in [3.8, 4) is 34.1 Å². The van der Waals surface area contributed by atoms with Crippen LogP contribution in [-0.4, -0.2) is 22.3 Å². The van der Waals surface area contributed by atoms with Crippen LogP contribution in [0.5, 0.6) is 23.0 Å². The Kier molecular flexibility index (Phi) is 14.6. The van der Waals surface area contributed by atoms with E-state index in [-0.39, 0.29) is 61.5 Å². The highest BCUT2D eigenvalue weighted by atomic mass is 16.5. The van der Waals surface area contributed by atoms with E-state index in [4.69, 9.17) is 21.8 Å². The molecule has 0 saturated heterocycles. The van der Waals surface area contributed by atoms with Crippen LogP contribution >= 0.6 is 0 Å². The van der Waals surface area contributed by atoms with E-state index in [0.29, 0.717) is 78.7 Å². The maximum Gasteiger partial charge on any atom is 0.258 e. The van der Waals surface area contributed by atoms with E-state index in [1.54, 1.807) is 54.6 Å². The van der Waals surface area contributed by atoms with Crippen LogP contribution < -0.4 is 31.4 Å². The number of nitrogens with two attached hydrogens (primary N) is 1. The van der Waals surface area contributed by atoms with Crippen molar-refractivity contribution in [1.82, 2.24) is 4.98 Å². The summed E-state index contributed by atoms with van der Waals surface area (Å²) in [4.78, 5) is 61.1. The number of nitrogens with zero attached hydrogens (tertiary/aromatic N) is 1. The minimum atomic E-state index is -0.527.